The van der Waals surface area contributed by atoms with Crippen LogP contribution in [-0.4, -0.2) is 26.8 Å². The molecule has 2 N–H and O–H groups in total. The summed E-state index contributed by atoms with van der Waals surface area (Å²) in [6, 6.07) is 25.1. The van der Waals surface area contributed by atoms with Crippen LogP contribution >= 0.6 is 31.9 Å². The number of hydrogen-bond donors (Lipinski definition) is 2. The largest absolute Gasteiger partial charge is 0.481 e. The quantitative estimate of drug-likeness (QED) is 0.246. The molecule has 1 aromatic heterocycles. The molecule has 1 heterocycles. The molecule has 0 fully saturated rings. The zero-order valence-electron chi connectivity index (χ0n) is 18.4. The Morgan fingerprint density at radius 1 is 0.912 bits per heavy atom. The fraction of sp³-hybridized carbons (Fsp3) is 0.160. The van der Waals surface area contributed by atoms with Crippen LogP contribution in [0.1, 0.15) is 22.8 Å². The highest BCUT2D eigenvalue weighted by molar-refractivity contribution is 9.10. The maximum absolute atomic E-state index is 13.2. The Hall–Kier alpha value is -3.17. The van der Waals surface area contributed by atoms with Crippen molar-refractivity contribution in [3.63, 3.8) is 0 Å². The number of benzene rings is 3. The monoisotopic (exact) mass is 583 g/mol. The van der Waals surface area contributed by atoms with E-state index in [1.165, 1.54) is 4.68 Å². The Kier molecular flexibility index (Phi) is 7.97. The molecule has 0 saturated carbocycles. The van der Waals surface area contributed by atoms with Gasteiger partial charge in [0.1, 0.15) is 5.75 Å². The van der Waals surface area contributed by atoms with Crippen molar-refractivity contribution < 1.29 is 9.53 Å². The molecule has 0 spiro atoms. The molecule has 0 aliphatic carbocycles. The molecule has 0 amide bonds. The lowest BCUT2D eigenvalue weighted by atomic mass is 10.2. The van der Waals surface area contributed by atoms with Gasteiger partial charge in [-0.05, 0) is 54.4 Å². The van der Waals surface area contributed by atoms with Gasteiger partial charge in [-0.15, -0.1) is 5.10 Å². The summed E-state index contributed by atoms with van der Waals surface area (Å²) < 4.78 is 9.04. The van der Waals surface area contributed by atoms with Crippen molar-refractivity contribution >= 4 is 49.7 Å². The normalized spacial score (nSPS) is 11.6. The molecule has 1 atom stereocenters. The number of halogens is 2. The summed E-state index contributed by atoms with van der Waals surface area (Å²) in [5.74, 6) is 0.964. The first-order chi connectivity index (χ1) is 16.5. The average Bonchev–Trinajstić information content (AvgIpc) is 3.25. The van der Waals surface area contributed by atoms with Crippen molar-refractivity contribution in [1.29, 1.82) is 0 Å². The minimum atomic E-state index is -0.756. The molecule has 0 aliphatic rings. The number of para-hydroxylation sites is 1. The van der Waals surface area contributed by atoms with Gasteiger partial charge in [0.2, 0.25) is 11.9 Å². The second-order valence-electron chi connectivity index (χ2n) is 7.55. The third-order valence-electron chi connectivity index (χ3n) is 4.90. The van der Waals surface area contributed by atoms with E-state index < -0.39 is 6.10 Å². The minimum absolute atomic E-state index is 0.330. The average molecular weight is 585 g/mol. The molecular formula is C25H23Br2N5O2. The molecule has 7 nitrogen and oxygen atoms in total. The lowest BCUT2D eigenvalue weighted by Gasteiger charge is -2.14. The van der Waals surface area contributed by atoms with E-state index in [9.17, 15) is 4.79 Å². The predicted octanol–water partition coefficient (Wildman–Crippen LogP) is 6.14. The third kappa shape index (κ3) is 6.45. The van der Waals surface area contributed by atoms with E-state index >= 15 is 0 Å². The number of hydrogen-bond acceptors (Lipinski definition) is 6. The van der Waals surface area contributed by atoms with Crippen LogP contribution in [0.3, 0.4) is 0 Å². The third-order valence-corrected chi connectivity index (χ3v) is 5.89. The van der Waals surface area contributed by atoms with E-state index in [4.69, 9.17) is 4.74 Å². The van der Waals surface area contributed by atoms with Gasteiger partial charge in [-0.25, -0.2) is 0 Å². The Morgan fingerprint density at radius 2 is 1.53 bits per heavy atom. The molecule has 0 radical (unpaired) electrons. The second-order valence-corrected chi connectivity index (χ2v) is 9.38. The van der Waals surface area contributed by atoms with E-state index in [1.807, 2.05) is 78.9 Å². The predicted molar refractivity (Wildman–Crippen MR) is 140 cm³/mol. The maximum atomic E-state index is 13.2. The lowest BCUT2D eigenvalue weighted by Crippen LogP contribution is -2.31. The summed E-state index contributed by atoms with van der Waals surface area (Å²) in [5.41, 5.74) is 2.09. The van der Waals surface area contributed by atoms with Gasteiger partial charge in [-0.3, -0.25) is 4.79 Å². The van der Waals surface area contributed by atoms with Crippen LogP contribution in [0.15, 0.2) is 87.8 Å². The fourth-order valence-corrected chi connectivity index (χ4v) is 4.13. The first-order valence-electron chi connectivity index (χ1n) is 10.7. The SMILES string of the molecule is CC(Oc1ccccc1)C(=O)n1nc(NCc2cccc(Br)c2)nc1NCc1cccc(Br)c1. The van der Waals surface area contributed by atoms with Crippen LogP contribution in [0.5, 0.6) is 5.75 Å². The first-order valence-corrected chi connectivity index (χ1v) is 12.3. The maximum Gasteiger partial charge on any atom is 0.290 e. The number of carbonyl (C=O) groups is 1. The molecule has 0 aliphatic heterocycles. The van der Waals surface area contributed by atoms with E-state index in [0.29, 0.717) is 30.7 Å². The van der Waals surface area contributed by atoms with Crippen molar-refractivity contribution in [1.82, 2.24) is 14.8 Å². The lowest BCUT2D eigenvalue weighted by molar-refractivity contribution is 0.0713. The highest BCUT2D eigenvalue weighted by Gasteiger charge is 2.23. The van der Waals surface area contributed by atoms with Gasteiger partial charge in [-0.2, -0.15) is 9.67 Å². The topological polar surface area (TPSA) is 81.1 Å². The highest BCUT2D eigenvalue weighted by atomic mass is 79.9. The van der Waals surface area contributed by atoms with E-state index in [1.54, 1.807) is 6.92 Å². The zero-order chi connectivity index (χ0) is 23.9. The van der Waals surface area contributed by atoms with Crippen LogP contribution in [-0.2, 0) is 13.1 Å². The minimum Gasteiger partial charge on any atom is -0.481 e. The summed E-state index contributed by atoms with van der Waals surface area (Å²) in [5, 5.41) is 10.8. The number of ether oxygens (including phenoxy) is 1. The summed E-state index contributed by atoms with van der Waals surface area (Å²) in [7, 11) is 0. The van der Waals surface area contributed by atoms with Gasteiger partial charge < -0.3 is 15.4 Å². The van der Waals surface area contributed by atoms with Crippen molar-refractivity contribution in [2.24, 2.45) is 0 Å². The summed E-state index contributed by atoms with van der Waals surface area (Å²) >= 11 is 6.96. The van der Waals surface area contributed by atoms with Gasteiger partial charge in [-0.1, -0.05) is 74.3 Å². The Labute approximate surface area is 214 Å². The molecular weight excluding hydrogens is 562 g/mol. The molecule has 4 rings (SSSR count). The summed E-state index contributed by atoms with van der Waals surface area (Å²) in [6.07, 6.45) is -0.756. The smallest absolute Gasteiger partial charge is 0.290 e. The van der Waals surface area contributed by atoms with Gasteiger partial charge >= 0.3 is 0 Å². The number of nitrogens with zero attached hydrogens (tertiary/aromatic N) is 3. The Morgan fingerprint density at radius 3 is 2.15 bits per heavy atom. The van der Waals surface area contributed by atoms with Gasteiger partial charge in [0.25, 0.3) is 5.91 Å². The molecule has 0 saturated heterocycles. The number of carbonyl (C=O) groups excluding carboxylic acids is 1. The summed E-state index contributed by atoms with van der Waals surface area (Å²) in [6.45, 7) is 2.69. The van der Waals surface area contributed by atoms with Gasteiger partial charge in [0.05, 0.1) is 0 Å². The van der Waals surface area contributed by atoms with E-state index in [0.717, 1.165) is 20.1 Å². The van der Waals surface area contributed by atoms with Crippen LogP contribution in [0.4, 0.5) is 11.9 Å². The molecule has 9 heteroatoms. The van der Waals surface area contributed by atoms with Crippen LogP contribution in [0, 0.1) is 0 Å². The molecule has 1 unspecified atom stereocenters. The van der Waals surface area contributed by atoms with Gasteiger partial charge in [0, 0.05) is 22.0 Å². The first kappa shape index (κ1) is 24.0. The van der Waals surface area contributed by atoms with E-state index in [-0.39, 0.29) is 5.91 Å². The molecule has 0 bridgehead atoms. The summed E-state index contributed by atoms with van der Waals surface area (Å²) in [4.78, 5) is 17.7. The van der Waals surface area contributed by atoms with Crippen LogP contribution < -0.4 is 15.4 Å². The Balaban J connectivity index is 1.53. The van der Waals surface area contributed by atoms with Crippen molar-refractivity contribution in [2.45, 2.75) is 26.1 Å². The number of rotatable bonds is 9. The second kappa shape index (κ2) is 11.3. The van der Waals surface area contributed by atoms with Crippen molar-refractivity contribution in [3.8, 4) is 5.75 Å². The van der Waals surface area contributed by atoms with Gasteiger partial charge in [0.15, 0.2) is 6.10 Å². The van der Waals surface area contributed by atoms with Crippen molar-refractivity contribution in [3.05, 3.63) is 98.9 Å². The zero-order valence-corrected chi connectivity index (χ0v) is 21.6. The van der Waals surface area contributed by atoms with Crippen LogP contribution in [0.25, 0.3) is 0 Å². The Bertz CT molecular complexity index is 1260. The van der Waals surface area contributed by atoms with E-state index in [2.05, 4.69) is 52.6 Å². The molecule has 4 aromatic rings. The molecule has 3 aromatic carbocycles. The number of anilines is 2. The van der Waals surface area contributed by atoms with Crippen molar-refractivity contribution in [2.75, 3.05) is 10.6 Å². The highest BCUT2D eigenvalue weighted by Crippen LogP contribution is 2.18. The molecule has 174 valence electrons. The standard InChI is InChI=1S/C25H23Br2N5O2/c1-17(34-22-11-3-2-4-12-22)23(33)32-25(29-16-19-8-6-10-21(27)14-19)30-24(31-32)28-15-18-7-5-9-20(26)13-18/h2-14,17H,15-16H2,1H3,(H2,28,29,30,31). The molecule has 34 heavy (non-hydrogen) atoms. The fourth-order valence-electron chi connectivity index (χ4n) is 3.24. The number of nitrogens with one attached hydrogen (secondary N) is 2. The van der Waals surface area contributed by atoms with Crippen LogP contribution in [0.2, 0.25) is 0 Å². The number of aromatic nitrogens is 3.